The van der Waals surface area contributed by atoms with Gasteiger partial charge in [-0.25, -0.2) is 9.97 Å². The maximum Gasteiger partial charge on any atom is 0.308 e. The maximum absolute atomic E-state index is 12.7. The first-order chi connectivity index (χ1) is 11.5. The van der Waals surface area contributed by atoms with Gasteiger partial charge >= 0.3 is 5.97 Å². The molecule has 1 amide bonds. The second kappa shape index (κ2) is 6.57. The SMILES string of the molecule is Cc1ncncc1C(=O)N1C[C@@H](C(=O)O)[C@H](c2ccc(Cl)cc2)C1. The van der Waals surface area contributed by atoms with E-state index in [1.165, 1.54) is 12.5 Å². The second-order valence-electron chi connectivity index (χ2n) is 5.83. The fraction of sp³-hybridized carbons (Fsp3) is 0.294. The number of aryl methyl sites for hydroxylation is 1. The number of likely N-dealkylation sites (tertiary alicyclic amines) is 1. The van der Waals surface area contributed by atoms with Crippen LogP contribution in [0.2, 0.25) is 5.02 Å². The Morgan fingerprint density at radius 2 is 1.96 bits per heavy atom. The minimum Gasteiger partial charge on any atom is -0.481 e. The van der Waals surface area contributed by atoms with Crippen LogP contribution in [0.4, 0.5) is 0 Å². The van der Waals surface area contributed by atoms with Crippen molar-refractivity contribution in [3.05, 3.63) is 58.6 Å². The van der Waals surface area contributed by atoms with Gasteiger partial charge in [-0.2, -0.15) is 0 Å². The highest BCUT2D eigenvalue weighted by Crippen LogP contribution is 2.34. The average molecular weight is 346 g/mol. The monoisotopic (exact) mass is 345 g/mol. The zero-order chi connectivity index (χ0) is 17.3. The van der Waals surface area contributed by atoms with Crippen LogP contribution < -0.4 is 0 Å². The highest BCUT2D eigenvalue weighted by atomic mass is 35.5. The number of hydrogen-bond acceptors (Lipinski definition) is 4. The standard InChI is InChI=1S/C17H16ClN3O3/c1-10-13(6-19-9-20-10)16(22)21-7-14(15(8-21)17(23)24)11-2-4-12(18)5-3-11/h2-6,9,14-15H,7-8H2,1H3,(H,23,24)/t14-,15+/m0/s1. The first kappa shape index (κ1) is 16.4. The van der Waals surface area contributed by atoms with Gasteiger partial charge in [0.2, 0.25) is 0 Å². The number of aliphatic carboxylic acids is 1. The highest BCUT2D eigenvalue weighted by Gasteiger charge is 2.41. The Morgan fingerprint density at radius 1 is 1.25 bits per heavy atom. The molecule has 124 valence electrons. The predicted molar refractivity (Wildman–Crippen MR) is 88.0 cm³/mol. The number of hydrogen-bond donors (Lipinski definition) is 1. The molecule has 24 heavy (non-hydrogen) atoms. The number of carbonyl (C=O) groups excluding carboxylic acids is 1. The molecule has 1 aromatic carbocycles. The number of carbonyl (C=O) groups is 2. The van der Waals surface area contributed by atoms with Gasteiger partial charge in [0.25, 0.3) is 5.91 Å². The summed E-state index contributed by atoms with van der Waals surface area (Å²) in [4.78, 5) is 33.8. The van der Waals surface area contributed by atoms with Crippen molar-refractivity contribution in [2.45, 2.75) is 12.8 Å². The molecule has 1 N–H and O–H groups in total. The van der Waals surface area contributed by atoms with Crippen LogP contribution in [-0.4, -0.2) is 44.9 Å². The zero-order valence-corrected chi connectivity index (χ0v) is 13.8. The number of halogens is 1. The molecule has 2 heterocycles. The van der Waals surface area contributed by atoms with Crippen molar-refractivity contribution in [3.8, 4) is 0 Å². The first-order valence-electron chi connectivity index (χ1n) is 7.51. The molecule has 1 aliphatic heterocycles. The Bertz CT molecular complexity index is 779. The van der Waals surface area contributed by atoms with Crippen LogP contribution in [0.5, 0.6) is 0 Å². The van der Waals surface area contributed by atoms with Gasteiger partial charge in [0, 0.05) is 30.2 Å². The van der Waals surface area contributed by atoms with E-state index in [4.69, 9.17) is 11.6 Å². The molecule has 0 radical (unpaired) electrons. The number of carboxylic acids is 1. The van der Waals surface area contributed by atoms with Crippen LogP contribution in [0.3, 0.4) is 0 Å². The van der Waals surface area contributed by atoms with E-state index in [0.29, 0.717) is 22.8 Å². The molecule has 7 heteroatoms. The lowest BCUT2D eigenvalue weighted by molar-refractivity contribution is -0.141. The van der Waals surface area contributed by atoms with Gasteiger partial charge in [-0.05, 0) is 24.6 Å². The lowest BCUT2D eigenvalue weighted by Gasteiger charge is -2.17. The first-order valence-corrected chi connectivity index (χ1v) is 7.89. The normalized spacial score (nSPS) is 20.2. The summed E-state index contributed by atoms with van der Waals surface area (Å²) in [7, 11) is 0. The summed E-state index contributed by atoms with van der Waals surface area (Å²) in [6.45, 7) is 2.23. The lowest BCUT2D eigenvalue weighted by atomic mass is 9.89. The summed E-state index contributed by atoms with van der Waals surface area (Å²) in [6, 6.07) is 7.09. The molecule has 6 nitrogen and oxygen atoms in total. The van der Waals surface area contributed by atoms with Gasteiger partial charge in [0.1, 0.15) is 6.33 Å². The molecule has 0 aliphatic carbocycles. The van der Waals surface area contributed by atoms with E-state index in [-0.39, 0.29) is 18.4 Å². The molecule has 1 aliphatic rings. The van der Waals surface area contributed by atoms with E-state index < -0.39 is 11.9 Å². The molecule has 1 saturated heterocycles. The molecule has 0 spiro atoms. The fourth-order valence-corrected chi connectivity index (χ4v) is 3.16. The summed E-state index contributed by atoms with van der Waals surface area (Å²) in [6.07, 6.45) is 2.85. The van der Waals surface area contributed by atoms with Crippen molar-refractivity contribution < 1.29 is 14.7 Å². The van der Waals surface area contributed by atoms with Crippen LogP contribution in [0.1, 0.15) is 27.5 Å². The number of rotatable bonds is 3. The molecule has 0 bridgehead atoms. The van der Waals surface area contributed by atoms with Crippen LogP contribution in [0, 0.1) is 12.8 Å². The molecular weight excluding hydrogens is 330 g/mol. The fourth-order valence-electron chi connectivity index (χ4n) is 3.04. The van der Waals surface area contributed by atoms with Crippen molar-refractivity contribution >= 4 is 23.5 Å². The number of aromatic nitrogens is 2. The summed E-state index contributed by atoms with van der Waals surface area (Å²) in [5.74, 6) is -2.07. The minimum absolute atomic E-state index is 0.162. The van der Waals surface area contributed by atoms with E-state index in [0.717, 1.165) is 5.56 Å². The third-order valence-electron chi connectivity index (χ3n) is 4.36. The Morgan fingerprint density at radius 3 is 2.58 bits per heavy atom. The molecule has 0 saturated carbocycles. The van der Waals surface area contributed by atoms with E-state index in [1.807, 2.05) is 12.1 Å². The summed E-state index contributed by atoms with van der Waals surface area (Å²) >= 11 is 5.90. The molecule has 3 rings (SSSR count). The second-order valence-corrected chi connectivity index (χ2v) is 6.27. The van der Waals surface area contributed by atoms with E-state index in [1.54, 1.807) is 24.0 Å². The lowest BCUT2D eigenvalue weighted by Crippen LogP contribution is -2.30. The van der Waals surface area contributed by atoms with E-state index >= 15 is 0 Å². The summed E-state index contributed by atoms with van der Waals surface area (Å²) in [5, 5.41) is 10.1. The Labute approximate surface area is 144 Å². The van der Waals surface area contributed by atoms with Gasteiger partial charge in [-0.1, -0.05) is 23.7 Å². The molecule has 2 atom stereocenters. The average Bonchev–Trinajstić information content (AvgIpc) is 3.01. The van der Waals surface area contributed by atoms with E-state index in [9.17, 15) is 14.7 Å². The molecule has 1 aromatic heterocycles. The Balaban J connectivity index is 1.87. The van der Waals surface area contributed by atoms with Crippen LogP contribution >= 0.6 is 11.6 Å². The van der Waals surface area contributed by atoms with Crippen molar-refractivity contribution in [2.75, 3.05) is 13.1 Å². The summed E-state index contributed by atoms with van der Waals surface area (Å²) in [5.41, 5.74) is 1.85. The van der Waals surface area contributed by atoms with Crippen molar-refractivity contribution in [1.29, 1.82) is 0 Å². The quantitative estimate of drug-likeness (QED) is 0.923. The van der Waals surface area contributed by atoms with Crippen molar-refractivity contribution in [3.63, 3.8) is 0 Å². The third kappa shape index (κ3) is 3.10. The van der Waals surface area contributed by atoms with Gasteiger partial charge in [-0.15, -0.1) is 0 Å². The Hall–Kier alpha value is -2.47. The topological polar surface area (TPSA) is 83.4 Å². The van der Waals surface area contributed by atoms with Crippen molar-refractivity contribution in [2.24, 2.45) is 5.92 Å². The van der Waals surface area contributed by atoms with E-state index in [2.05, 4.69) is 9.97 Å². The zero-order valence-electron chi connectivity index (χ0n) is 13.0. The van der Waals surface area contributed by atoms with Gasteiger partial charge < -0.3 is 10.0 Å². The smallest absolute Gasteiger partial charge is 0.308 e. The van der Waals surface area contributed by atoms with Gasteiger partial charge in [0.05, 0.1) is 17.2 Å². The largest absolute Gasteiger partial charge is 0.481 e. The van der Waals surface area contributed by atoms with Gasteiger partial charge in [-0.3, -0.25) is 9.59 Å². The Kier molecular flexibility index (Phi) is 4.49. The molecular formula is C17H16ClN3O3. The van der Waals surface area contributed by atoms with Crippen LogP contribution in [0.15, 0.2) is 36.8 Å². The minimum atomic E-state index is -0.911. The number of amides is 1. The van der Waals surface area contributed by atoms with Crippen LogP contribution in [0.25, 0.3) is 0 Å². The molecule has 1 fully saturated rings. The highest BCUT2D eigenvalue weighted by molar-refractivity contribution is 6.30. The summed E-state index contributed by atoms with van der Waals surface area (Å²) < 4.78 is 0. The number of benzene rings is 1. The number of carboxylic acid groups (broad SMARTS) is 1. The molecule has 2 aromatic rings. The van der Waals surface area contributed by atoms with Crippen molar-refractivity contribution in [1.82, 2.24) is 14.9 Å². The van der Waals surface area contributed by atoms with Crippen LogP contribution in [-0.2, 0) is 4.79 Å². The number of nitrogens with zero attached hydrogens (tertiary/aromatic N) is 3. The van der Waals surface area contributed by atoms with Gasteiger partial charge in [0.15, 0.2) is 0 Å². The predicted octanol–water partition coefficient (Wildman–Crippen LogP) is 2.38. The maximum atomic E-state index is 12.7. The third-order valence-corrected chi connectivity index (χ3v) is 4.62. The molecule has 0 unspecified atom stereocenters.